The third-order valence-electron chi connectivity index (χ3n) is 2.66. The third kappa shape index (κ3) is 2.68. The molecule has 0 radical (unpaired) electrons. The van der Waals surface area contributed by atoms with Gasteiger partial charge in [-0.15, -0.1) is 11.3 Å². The number of thiophene rings is 1. The van der Waals surface area contributed by atoms with Crippen LogP contribution in [-0.2, 0) is 16.0 Å². The lowest BCUT2D eigenvalue weighted by molar-refractivity contribution is -0.141. The Hall–Kier alpha value is -1.88. The van der Waals surface area contributed by atoms with Crippen molar-refractivity contribution in [3.8, 4) is 0 Å². The van der Waals surface area contributed by atoms with Crippen LogP contribution in [0.5, 0.6) is 0 Å². The van der Waals surface area contributed by atoms with Gasteiger partial charge < -0.3 is 10.4 Å². The van der Waals surface area contributed by atoms with E-state index in [4.69, 9.17) is 5.11 Å². The van der Waals surface area contributed by atoms with Crippen molar-refractivity contribution < 1.29 is 14.7 Å². The lowest BCUT2D eigenvalue weighted by Gasteiger charge is -2.08. The van der Waals surface area contributed by atoms with E-state index in [9.17, 15) is 9.59 Å². The molecule has 2 rings (SSSR count). The lowest BCUT2D eigenvalue weighted by Crippen LogP contribution is -2.39. The number of carbonyl (C=O) groups excluding carboxylic acids is 1. The Morgan fingerprint density at radius 1 is 1.39 bits per heavy atom. The molecule has 0 aliphatic rings. The number of hydrogen-bond donors (Lipinski definition) is 2. The Labute approximate surface area is 108 Å². The van der Waals surface area contributed by atoms with Crippen molar-refractivity contribution >= 4 is 33.3 Å². The minimum Gasteiger partial charge on any atom is -0.480 e. The lowest BCUT2D eigenvalue weighted by atomic mass is 10.1. The van der Waals surface area contributed by atoms with Crippen LogP contribution in [-0.4, -0.2) is 23.0 Å². The normalized spacial score (nSPS) is 12.3. The van der Waals surface area contributed by atoms with E-state index < -0.39 is 12.0 Å². The van der Waals surface area contributed by atoms with Crippen LogP contribution in [0.1, 0.15) is 12.5 Å². The van der Waals surface area contributed by atoms with E-state index in [1.807, 2.05) is 29.6 Å². The van der Waals surface area contributed by atoms with Crippen molar-refractivity contribution in [3.05, 3.63) is 35.2 Å². The van der Waals surface area contributed by atoms with Crippen LogP contribution in [0, 0.1) is 0 Å². The van der Waals surface area contributed by atoms with Crippen molar-refractivity contribution in [3.63, 3.8) is 0 Å². The molecule has 0 aliphatic heterocycles. The quantitative estimate of drug-likeness (QED) is 0.887. The Morgan fingerprint density at radius 3 is 2.83 bits per heavy atom. The molecule has 1 amide bonds. The Bertz CT molecular complexity index is 591. The van der Waals surface area contributed by atoms with Gasteiger partial charge >= 0.3 is 5.97 Å². The molecule has 5 heteroatoms. The van der Waals surface area contributed by atoms with E-state index in [1.165, 1.54) is 6.92 Å². The molecule has 94 valence electrons. The van der Waals surface area contributed by atoms with Gasteiger partial charge in [-0.1, -0.05) is 18.2 Å². The number of carbonyl (C=O) groups is 2. The highest BCUT2D eigenvalue weighted by molar-refractivity contribution is 7.17. The van der Waals surface area contributed by atoms with Crippen LogP contribution < -0.4 is 5.32 Å². The fraction of sp³-hybridized carbons (Fsp3) is 0.231. The van der Waals surface area contributed by atoms with Crippen LogP contribution >= 0.6 is 11.3 Å². The highest BCUT2D eigenvalue weighted by atomic mass is 32.1. The number of nitrogens with one attached hydrogen (secondary N) is 1. The van der Waals surface area contributed by atoms with Crippen LogP contribution in [0.25, 0.3) is 10.1 Å². The fourth-order valence-electron chi connectivity index (χ4n) is 1.70. The number of carboxylic acids is 1. The molecule has 1 aromatic carbocycles. The number of fused-ring (bicyclic) bond motifs is 1. The highest BCUT2D eigenvalue weighted by Crippen LogP contribution is 2.25. The Morgan fingerprint density at radius 2 is 2.11 bits per heavy atom. The summed E-state index contributed by atoms with van der Waals surface area (Å²) in [6.07, 6.45) is 0.210. The summed E-state index contributed by atoms with van der Waals surface area (Å²) in [6, 6.07) is 6.99. The summed E-state index contributed by atoms with van der Waals surface area (Å²) in [5.74, 6) is -1.30. The standard InChI is InChI=1S/C13H13NO3S/c1-8(13(16)17)14-12(15)6-9-7-18-11-5-3-2-4-10(9)11/h2-5,7-8H,6H2,1H3,(H,14,15)(H,16,17). The Kier molecular flexibility index (Phi) is 3.62. The van der Waals surface area contributed by atoms with Crippen molar-refractivity contribution in [2.75, 3.05) is 0 Å². The van der Waals surface area contributed by atoms with E-state index in [0.717, 1.165) is 15.6 Å². The van der Waals surface area contributed by atoms with Crippen molar-refractivity contribution in [2.45, 2.75) is 19.4 Å². The van der Waals surface area contributed by atoms with Crippen LogP contribution in [0.3, 0.4) is 0 Å². The summed E-state index contributed by atoms with van der Waals surface area (Å²) in [6.45, 7) is 1.45. The van der Waals surface area contributed by atoms with Gasteiger partial charge in [0, 0.05) is 4.70 Å². The SMILES string of the molecule is CC(NC(=O)Cc1csc2ccccc12)C(=O)O. The molecule has 1 aromatic heterocycles. The number of benzene rings is 1. The zero-order chi connectivity index (χ0) is 13.1. The molecule has 0 fully saturated rings. The molecule has 2 N–H and O–H groups in total. The third-order valence-corrected chi connectivity index (χ3v) is 3.67. The number of rotatable bonds is 4. The second-order valence-electron chi connectivity index (χ2n) is 4.06. The smallest absolute Gasteiger partial charge is 0.325 e. The molecule has 0 saturated carbocycles. The molecule has 0 saturated heterocycles. The molecular weight excluding hydrogens is 250 g/mol. The number of amides is 1. The van der Waals surface area contributed by atoms with Gasteiger partial charge in [0.25, 0.3) is 0 Å². The first-order valence-corrected chi connectivity index (χ1v) is 6.43. The van der Waals surface area contributed by atoms with Crippen molar-refractivity contribution in [1.82, 2.24) is 5.32 Å². The summed E-state index contributed by atoms with van der Waals surface area (Å²) < 4.78 is 1.13. The first kappa shape index (κ1) is 12.6. The summed E-state index contributed by atoms with van der Waals surface area (Å²) in [4.78, 5) is 22.3. The maximum Gasteiger partial charge on any atom is 0.325 e. The van der Waals surface area contributed by atoms with Crippen molar-refractivity contribution in [2.24, 2.45) is 0 Å². The summed E-state index contributed by atoms with van der Waals surface area (Å²) in [5, 5.41) is 14.2. The van der Waals surface area contributed by atoms with E-state index >= 15 is 0 Å². The minimum atomic E-state index is -1.03. The van der Waals surface area contributed by atoms with Gasteiger partial charge in [0.2, 0.25) is 5.91 Å². The second-order valence-corrected chi connectivity index (χ2v) is 4.97. The average Bonchev–Trinajstić information content (AvgIpc) is 2.72. The zero-order valence-electron chi connectivity index (χ0n) is 9.84. The zero-order valence-corrected chi connectivity index (χ0v) is 10.7. The van der Waals surface area contributed by atoms with Gasteiger partial charge in [0.15, 0.2) is 0 Å². The first-order valence-electron chi connectivity index (χ1n) is 5.55. The maximum absolute atomic E-state index is 11.7. The molecule has 0 spiro atoms. The largest absolute Gasteiger partial charge is 0.480 e. The van der Waals surface area contributed by atoms with Gasteiger partial charge in [-0.3, -0.25) is 9.59 Å². The van der Waals surface area contributed by atoms with Gasteiger partial charge in [0.05, 0.1) is 6.42 Å². The van der Waals surface area contributed by atoms with Gasteiger partial charge in [0.1, 0.15) is 6.04 Å². The van der Waals surface area contributed by atoms with E-state index in [2.05, 4.69) is 5.32 Å². The van der Waals surface area contributed by atoms with Gasteiger partial charge in [-0.25, -0.2) is 0 Å². The molecule has 0 bridgehead atoms. The first-order chi connectivity index (χ1) is 8.58. The average molecular weight is 263 g/mol. The summed E-state index contributed by atoms with van der Waals surface area (Å²) >= 11 is 1.58. The topological polar surface area (TPSA) is 66.4 Å². The van der Waals surface area contributed by atoms with Crippen LogP contribution in [0.2, 0.25) is 0 Å². The molecule has 0 aliphatic carbocycles. The predicted octanol–water partition coefficient (Wildman–Crippen LogP) is 2.03. The van der Waals surface area contributed by atoms with Gasteiger partial charge in [-0.2, -0.15) is 0 Å². The monoisotopic (exact) mass is 263 g/mol. The molecular formula is C13H13NO3S. The van der Waals surface area contributed by atoms with Gasteiger partial charge in [-0.05, 0) is 29.3 Å². The fourth-order valence-corrected chi connectivity index (χ4v) is 2.66. The molecule has 4 nitrogen and oxygen atoms in total. The van der Waals surface area contributed by atoms with E-state index in [1.54, 1.807) is 11.3 Å². The molecule has 1 atom stereocenters. The second kappa shape index (κ2) is 5.18. The van der Waals surface area contributed by atoms with Crippen molar-refractivity contribution in [1.29, 1.82) is 0 Å². The van der Waals surface area contributed by atoms with Crippen LogP contribution in [0.4, 0.5) is 0 Å². The number of carboxylic acid groups (broad SMARTS) is 1. The molecule has 2 aromatic rings. The predicted molar refractivity (Wildman–Crippen MR) is 70.8 cm³/mol. The van der Waals surface area contributed by atoms with E-state index in [0.29, 0.717) is 0 Å². The number of hydrogen-bond acceptors (Lipinski definition) is 3. The highest BCUT2D eigenvalue weighted by Gasteiger charge is 2.15. The number of aliphatic carboxylic acids is 1. The summed E-state index contributed by atoms with van der Waals surface area (Å²) in [7, 11) is 0. The van der Waals surface area contributed by atoms with Crippen LogP contribution in [0.15, 0.2) is 29.6 Å². The Balaban J connectivity index is 2.10. The van der Waals surface area contributed by atoms with E-state index in [-0.39, 0.29) is 12.3 Å². The molecule has 18 heavy (non-hydrogen) atoms. The maximum atomic E-state index is 11.7. The molecule has 1 heterocycles. The molecule has 1 unspecified atom stereocenters. The minimum absolute atomic E-state index is 0.210. The summed E-state index contributed by atoms with van der Waals surface area (Å²) in [5.41, 5.74) is 0.936.